The van der Waals surface area contributed by atoms with Crippen molar-refractivity contribution in [2.75, 3.05) is 0 Å². The fraction of sp³-hybridized carbons (Fsp3) is 0.214. The van der Waals surface area contributed by atoms with Crippen LogP contribution in [0.15, 0.2) is 86.7 Å². The minimum absolute atomic E-state index is 0.0138. The molecule has 2 aromatic carbocycles. The molecule has 0 radical (unpaired) electrons. The van der Waals surface area contributed by atoms with Crippen LogP contribution in [-0.2, 0) is 9.84 Å². The van der Waals surface area contributed by atoms with Gasteiger partial charge in [-0.25, -0.2) is 8.42 Å². The molecule has 2 aromatic rings. The number of fused-ring (bicyclic) bond motifs is 2. The lowest BCUT2D eigenvalue weighted by atomic mass is 9.89. The SMILES string of the molecule is CC1=CC=c2c(O)c(S(=O)(=O)c3ccccc3)c(O)c(C)c2=C2C(C)=CC=C(C(C)C)C=C12. The normalized spacial score (nSPS) is 15.9. The predicted octanol–water partition coefficient (Wildman–Crippen LogP) is 4.60. The van der Waals surface area contributed by atoms with Gasteiger partial charge < -0.3 is 10.2 Å². The number of rotatable bonds is 3. The third-order valence-corrected chi connectivity index (χ3v) is 8.17. The number of benzene rings is 2. The number of sulfone groups is 1. The van der Waals surface area contributed by atoms with Crippen LogP contribution in [-0.4, -0.2) is 18.6 Å². The first-order valence-corrected chi connectivity index (χ1v) is 12.4. The van der Waals surface area contributed by atoms with Gasteiger partial charge >= 0.3 is 0 Å². The third-order valence-electron chi connectivity index (χ3n) is 6.35. The zero-order valence-electron chi connectivity index (χ0n) is 19.5. The summed E-state index contributed by atoms with van der Waals surface area (Å²) in [5, 5.41) is 23.4. The van der Waals surface area contributed by atoms with E-state index in [1.54, 1.807) is 31.2 Å². The molecule has 0 saturated carbocycles. The molecule has 5 heteroatoms. The van der Waals surface area contributed by atoms with Gasteiger partial charge in [0.05, 0.1) is 4.90 Å². The second-order valence-electron chi connectivity index (χ2n) is 8.88. The van der Waals surface area contributed by atoms with Gasteiger partial charge in [-0.3, -0.25) is 0 Å². The predicted molar refractivity (Wildman–Crippen MR) is 132 cm³/mol. The highest BCUT2D eigenvalue weighted by molar-refractivity contribution is 7.91. The van der Waals surface area contributed by atoms with E-state index in [1.165, 1.54) is 17.7 Å². The van der Waals surface area contributed by atoms with Crippen molar-refractivity contribution in [3.63, 3.8) is 0 Å². The van der Waals surface area contributed by atoms with Gasteiger partial charge in [-0.1, -0.05) is 62.4 Å². The average Bonchev–Trinajstić information content (AvgIpc) is 3.03. The van der Waals surface area contributed by atoms with E-state index in [4.69, 9.17) is 0 Å². The van der Waals surface area contributed by atoms with Crippen LogP contribution < -0.4 is 10.4 Å². The highest BCUT2D eigenvalue weighted by Gasteiger charge is 2.30. The summed E-state index contributed by atoms with van der Waals surface area (Å²) < 4.78 is 26.8. The molecule has 0 unspecified atom stereocenters. The van der Waals surface area contributed by atoms with Crippen LogP contribution in [0, 0.1) is 12.8 Å². The minimum Gasteiger partial charge on any atom is -0.506 e. The number of phenols is 2. The number of allylic oxidation sites excluding steroid dienone is 8. The van der Waals surface area contributed by atoms with E-state index in [2.05, 4.69) is 26.0 Å². The quantitative estimate of drug-likeness (QED) is 0.702. The Hall–Kier alpha value is -3.31. The Morgan fingerprint density at radius 1 is 0.818 bits per heavy atom. The molecule has 0 saturated heterocycles. The van der Waals surface area contributed by atoms with Crippen LogP contribution in [0.5, 0.6) is 11.5 Å². The smallest absolute Gasteiger partial charge is 0.213 e. The molecule has 0 bridgehead atoms. The molecular weight excluding hydrogens is 432 g/mol. The van der Waals surface area contributed by atoms with Gasteiger partial charge in [0.2, 0.25) is 9.84 Å². The summed E-state index contributed by atoms with van der Waals surface area (Å²) in [7, 11) is -4.14. The average molecular weight is 461 g/mol. The molecule has 0 aromatic heterocycles. The fourth-order valence-corrected chi connectivity index (χ4v) is 5.93. The summed E-state index contributed by atoms with van der Waals surface area (Å²) in [6.07, 6.45) is 9.91. The summed E-state index contributed by atoms with van der Waals surface area (Å²) in [6, 6.07) is 7.85. The Balaban J connectivity index is 2.18. The zero-order chi connectivity index (χ0) is 24.1. The molecule has 0 aliphatic heterocycles. The molecule has 4 nitrogen and oxygen atoms in total. The molecule has 0 fully saturated rings. The highest BCUT2D eigenvalue weighted by atomic mass is 32.2. The van der Waals surface area contributed by atoms with Gasteiger partial charge in [-0.15, -0.1) is 0 Å². The maximum absolute atomic E-state index is 13.4. The molecule has 170 valence electrons. The van der Waals surface area contributed by atoms with Crippen molar-refractivity contribution in [3.05, 3.63) is 92.9 Å². The summed E-state index contributed by atoms with van der Waals surface area (Å²) >= 11 is 0. The topological polar surface area (TPSA) is 74.6 Å². The second kappa shape index (κ2) is 8.23. The summed E-state index contributed by atoms with van der Waals surface area (Å²) in [6.45, 7) is 9.96. The first-order chi connectivity index (χ1) is 15.6. The van der Waals surface area contributed by atoms with Gasteiger partial charge in [0.25, 0.3) is 0 Å². The van der Waals surface area contributed by atoms with Crippen LogP contribution in [0.2, 0.25) is 0 Å². The van der Waals surface area contributed by atoms with Crippen LogP contribution in [0.25, 0.3) is 11.6 Å². The lowest BCUT2D eigenvalue weighted by Gasteiger charge is -2.17. The Morgan fingerprint density at radius 2 is 1.45 bits per heavy atom. The Morgan fingerprint density at radius 3 is 2.09 bits per heavy atom. The van der Waals surface area contributed by atoms with Crippen molar-refractivity contribution in [2.24, 2.45) is 5.92 Å². The summed E-state index contributed by atoms with van der Waals surface area (Å²) in [5.41, 5.74) is 5.43. The standard InChI is InChI=1S/C28H28O4S/c1-16(2)20-13-11-18(4)24-23(15-20)17(3)12-14-22-25(24)19(5)26(29)28(27(22)30)33(31,32)21-9-7-6-8-10-21/h6-16,29-30H,1-5H3. The molecule has 0 heterocycles. The molecular formula is C28H28O4S. The van der Waals surface area contributed by atoms with E-state index in [0.717, 1.165) is 22.3 Å². The monoisotopic (exact) mass is 460 g/mol. The van der Waals surface area contributed by atoms with Crippen LogP contribution in [0.3, 0.4) is 0 Å². The van der Waals surface area contributed by atoms with E-state index in [0.29, 0.717) is 21.9 Å². The Kier molecular flexibility index (Phi) is 5.71. The molecule has 2 N–H and O–H groups in total. The number of aromatic hydroxyl groups is 2. The molecule has 2 aliphatic carbocycles. The van der Waals surface area contributed by atoms with Crippen LogP contribution in [0.1, 0.15) is 33.3 Å². The zero-order valence-corrected chi connectivity index (χ0v) is 20.3. The van der Waals surface area contributed by atoms with Crippen LogP contribution >= 0.6 is 0 Å². The van der Waals surface area contributed by atoms with Crippen molar-refractivity contribution < 1.29 is 18.6 Å². The Bertz CT molecular complexity index is 1510. The molecule has 0 spiro atoms. The maximum Gasteiger partial charge on any atom is 0.213 e. The van der Waals surface area contributed by atoms with E-state index >= 15 is 0 Å². The van der Waals surface area contributed by atoms with Crippen molar-refractivity contribution >= 4 is 21.5 Å². The first-order valence-electron chi connectivity index (χ1n) is 10.9. The number of hydrogen-bond acceptors (Lipinski definition) is 4. The summed E-state index contributed by atoms with van der Waals surface area (Å²) in [4.78, 5) is -0.448. The molecule has 0 atom stereocenters. The maximum atomic E-state index is 13.4. The first kappa shape index (κ1) is 22.9. The fourth-order valence-electron chi connectivity index (χ4n) is 4.40. The Labute approximate surface area is 194 Å². The van der Waals surface area contributed by atoms with Crippen molar-refractivity contribution in [1.82, 2.24) is 0 Å². The largest absolute Gasteiger partial charge is 0.506 e. The number of phenolic OH excluding ortho intramolecular Hbond substituents is 2. The van der Waals surface area contributed by atoms with Crippen LogP contribution in [0.4, 0.5) is 0 Å². The van der Waals surface area contributed by atoms with Crippen molar-refractivity contribution in [1.29, 1.82) is 0 Å². The minimum atomic E-state index is -4.14. The van der Waals surface area contributed by atoms with E-state index in [1.807, 2.05) is 26.0 Å². The second-order valence-corrected chi connectivity index (χ2v) is 10.8. The van der Waals surface area contributed by atoms with E-state index < -0.39 is 26.2 Å². The van der Waals surface area contributed by atoms with Crippen molar-refractivity contribution in [3.8, 4) is 11.5 Å². The van der Waals surface area contributed by atoms with Gasteiger partial charge in [0, 0.05) is 16.0 Å². The lowest BCUT2D eigenvalue weighted by molar-refractivity contribution is 0.416. The lowest BCUT2D eigenvalue weighted by Crippen LogP contribution is -2.32. The molecule has 4 rings (SSSR count). The van der Waals surface area contributed by atoms with Crippen molar-refractivity contribution in [2.45, 2.75) is 44.4 Å². The third kappa shape index (κ3) is 3.66. The van der Waals surface area contributed by atoms with Gasteiger partial charge in [-0.05, 0) is 66.7 Å². The summed E-state index contributed by atoms with van der Waals surface area (Å²) in [5.74, 6) is -0.547. The molecule has 0 amide bonds. The molecule has 2 aliphatic rings. The van der Waals surface area contributed by atoms with Gasteiger partial charge in [-0.2, -0.15) is 0 Å². The van der Waals surface area contributed by atoms with Gasteiger partial charge in [0.15, 0.2) is 4.90 Å². The highest BCUT2D eigenvalue weighted by Crippen LogP contribution is 2.37. The number of hydrogen-bond donors (Lipinski definition) is 2. The van der Waals surface area contributed by atoms with E-state index in [-0.39, 0.29) is 4.90 Å². The molecule has 33 heavy (non-hydrogen) atoms. The van der Waals surface area contributed by atoms with Gasteiger partial charge in [0.1, 0.15) is 11.5 Å². The van der Waals surface area contributed by atoms with E-state index in [9.17, 15) is 18.6 Å².